The summed E-state index contributed by atoms with van der Waals surface area (Å²) in [6, 6.07) is 14.4. The third-order valence-corrected chi connectivity index (χ3v) is 5.65. The Bertz CT molecular complexity index is 987. The van der Waals surface area contributed by atoms with Crippen LogP contribution < -0.4 is 14.8 Å². The lowest BCUT2D eigenvalue weighted by molar-refractivity contribution is -0.117. The zero-order valence-electron chi connectivity index (χ0n) is 18.6. The summed E-state index contributed by atoms with van der Waals surface area (Å²) in [4.78, 5) is 25.1. The quantitative estimate of drug-likeness (QED) is 0.267. The normalized spacial score (nSPS) is 16.5. The van der Waals surface area contributed by atoms with E-state index in [1.807, 2.05) is 18.2 Å². The first-order chi connectivity index (χ1) is 15.5. The van der Waals surface area contributed by atoms with Crippen LogP contribution in [0, 0.1) is 4.91 Å². The molecule has 3 rings (SSSR count). The highest BCUT2D eigenvalue weighted by atomic mass is 16.5. The van der Waals surface area contributed by atoms with Crippen molar-refractivity contribution in [3.8, 4) is 11.5 Å². The molecule has 1 heterocycles. The van der Waals surface area contributed by atoms with Crippen molar-refractivity contribution in [2.75, 3.05) is 33.9 Å². The lowest BCUT2D eigenvalue weighted by Gasteiger charge is -2.38. The molecule has 0 aliphatic carbocycles. The van der Waals surface area contributed by atoms with E-state index < -0.39 is 17.4 Å². The molecule has 0 saturated heterocycles. The van der Waals surface area contributed by atoms with E-state index in [0.29, 0.717) is 18.7 Å². The number of carbonyl (C=O) groups excluding carboxylic acids is 1. The molecular formula is C24H29N3O5. The number of methoxy groups -OCH3 is 2. The zero-order valence-corrected chi connectivity index (χ0v) is 18.6. The van der Waals surface area contributed by atoms with Crippen molar-refractivity contribution in [2.24, 2.45) is 5.18 Å². The van der Waals surface area contributed by atoms with E-state index in [0.717, 1.165) is 25.3 Å². The van der Waals surface area contributed by atoms with Crippen LogP contribution in [0.25, 0.3) is 0 Å². The number of aliphatic hydroxyl groups is 1. The second-order valence-electron chi connectivity index (χ2n) is 7.64. The highest BCUT2D eigenvalue weighted by Gasteiger charge is 2.30. The summed E-state index contributed by atoms with van der Waals surface area (Å²) in [6.45, 7) is 3.21. The van der Waals surface area contributed by atoms with E-state index in [4.69, 9.17) is 9.47 Å². The van der Waals surface area contributed by atoms with E-state index in [2.05, 4.69) is 39.7 Å². The van der Waals surface area contributed by atoms with Crippen molar-refractivity contribution in [2.45, 2.75) is 25.8 Å². The smallest absolute Gasteiger partial charge is 0.277 e. The Kier molecular flexibility index (Phi) is 7.83. The van der Waals surface area contributed by atoms with Gasteiger partial charge < -0.3 is 19.9 Å². The van der Waals surface area contributed by atoms with Gasteiger partial charge in [0.1, 0.15) is 5.76 Å². The minimum absolute atomic E-state index is 0.0437. The number of fused-ring (bicyclic) bond motifs is 1. The molecule has 170 valence electrons. The molecule has 0 bridgehead atoms. The fourth-order valence-corrected chi connectivity index (χ4v) is 4.10. The standard InChI is InChI=1S/C24H29N3O5/c1-16(28)22(26-30)24(29)25-11-7-12-27-13-10-18-14-20(31-2)21(32-3)15-19(18)23(27)17-8-5-4-6-9-17/h4-6,8-9,14-15,23,28H,7,10-13H2,1-3H3,(H,25,29). The number of amides is 1. The van der Waals surface area contributed by atoms with Gasteiger partial charge in [-0.25, -0.2) is 0 Å². The van der Waals surface area contributed by atoms with Crippen LogP contribution in [-0.4, -0.2) is 49.8 Å². The summed E-state index contributed by atoms with van der Waals surface area (Å²) in [5, 5.41) is 14.6. The predicted octanol–water partition coefficient (Wildman–Crippen LogP) is 3.71. The Balaban J connectivity index is 1.79. The number of hydrogen-bond acceptors (Lipinski definition) is 7. The molecule has 0 spiro atoms. The number of nitroso groups, excluding NO2 is 1. The summed E-state index contributed by atoms with van der Waals surface area (Å²) in [5.74, 6) is 0.362. The number of aliphatic hydroxyl groups excluding tert-OH is 1. The van der Waals surface area contributed by atoms with Gasteiger partial charge in [0, 0.05) is 19.6 Å². The van der Waals surface area contributed by atoms with Crippen molar-refractivity contribution in [3.63, 3.8) is 0 Å². The van der Waals surface area contributed by atoms with Crippen LogP contribution in [0.1, 0.15) is 36.1 Å². The van der Waals surface area contributed by atoms with Gasteiger partial charge in [-0.15, -0.1) is 4.91 Å². The number of ether oxygens (including phenoxy) is 2. The molecule has 2 aromatic carbocycles. The number of nitrogens with one attached hydrogen (secondary N) is 1. The van der Waals surface area contributed by atoms with Gasteiger partial charge in [-0.1, -0.05) is 30.3 Å². The Morgan fingerprint density at radius 2 is 1.88 bits per heavy atom. The Hall–Kier alpha value is -3.39. The summed E-state index contributed by atoms with van der Waals surface area (Å²) in [7, 11) is 3.28. The number of hydrogen-bond donors (Lipinski definition) is 2. The van der Waals surface area contributed by atoms with E-state index in [1.54, 1.807) is 14.2 Å². The molecule has 0 fully saturated rings. The molecule has 1 atom stereocenters. The van der Waals surface area contributed by atoms with Crippen molar-refractivity contribution >= 4 is 5.91 Å². The largest absolute Gasteiger partial charge is 0.510 e. The lowest BCUT2D eigenvalue weighted by Crippen LogP contribution is -2.38. The van der Waals surface area contributed by atoms with E-state index >= 15 is 0 Å². The van der Waals surface area contributed by atoms with Gasteiger partial charge in [-0.2, -0.15) is 0 Å². The van der Waals surface area contributed by atoms with Gasteiger partial charge in [0.25, 0.3) is 5.91 Å². The summed E-state index contributed by atoms with van der Waals surface area (Å²) in [6.07, 6.45) is 1.55. The van der Waals surface area contributed by atoms with Crippen LogP contribution in [-0.2, 0) is 11.2 Å². The van der Waals surface area contributed by atoms with Gasteiger partial charge in [0.2, 0.25) is 5.70 Å². The Morgan fingerprint density at radius 1 is 1.19 bits per heavy atom. The first kappa shape index (κ1) is 23.3. The third kappa shape index (κ3) is 5.08. The minimum Gasteiger partial charge on any atom is -0.510 e. The molecule has 0 radical (unpaired) electrons. The van der Waals surface area contributed by atoms with E-state index in [-0.39, 0.29) is 6.04 Å². The third-order valence-electron chi connectivity index (χ3n) is 5.65. The second-order valence-corrected chi connectivity index (χ2v) is 7.64. The SMILES string of the molecule is COc1cc2c(cc1OC)C(c1ccccc1)N(CCCNC(=O)C(N=O)=C(C)O)CC2. The number of nitrogens with zero attached hydrogens (tertiary/aromatic N) is 2. The Morgan fingerprint density at radius 3 is 2.50 bits per heavy atom. The van der Waals surface area contributed by atoms with Crippen LogP contribution in [0.2, 0.25) is 0 Å². The first-order valence-electron chi connectivity index (χ1n) is 10.5. The van der Waals surface area contributed by atoms with Crippen LogP contribution in [0.4, 0.5) is 0 Å². The second kappa shape index (κ2) is 10.8. The molecule has 8 heteroatoms. The van der Waals surface area contributed by atoms with Gasteiger partial charge >= 0.3 is 0 Å². The van der Waals surface area contributed by atoms with Crippen LogP contribution in [0.3, 0.4) is 0 Å². The maximum atomic E-state index is 12.0. The maximum Gasteiger partial charge on any atom is 0.277 e. The van der Waals surface area contributed by atoms with Crippen molar-refractivity contribution < 1.29 is 19.4 Å². The molecule has 0 saturated carbocycles. The fraction of sp³-hybridized carbons (Fsp3) is 0.375. The van der Waals surface area contributed by atoms with E-state index in [1.165, 1.54) is 23.6 Å². The molecule has 1 aliphatic rings. The maximum absolute atomic E-state index is 12.0. The predicted molar refractivity (Wildman–Crippen MR) is 122 cm³/mol. The lowest BCUT2D eigenvalue weighted by atomic mass is 9.87. The van der Waals surface area contributed by atoms with Crippen LogP contribution >= 0.6 is 0 Å². The van der Waals surface area contributed by atoms with E-state index in [9.17, 15) is 14.8 Å². The highest BCUT2D eigenvalue weighted by molar-refractivity contribution is 5.93. The topological polar surface area (TPSA) is 100 Å². The van der Waals surface area contributed by atoms with Gasteiger partial charge in [0.05, 0.1) is 20.3 Å². The zero-order chi connectivity index (χ0) is 23.1. The number of benzene rings is 2. The molecule has 2 N–H and O–H groups in total. The minimum atomic E-state index is -0.666. The molecule has 1 amide bonds. The fourth-order valence-electron chi connectivity index (χ4n) is 4.10. The molecule has 2 aromatic rings. The average Bonchev–Trinajstić information content (AvgIpc) is 2.81. The molecule has 32 heavy (non-hydrogen) atoms. The molecule has 1 unspecified atom stereocenters. The number of rotatable bonds is 9. The number of allylic oxidation sites excluding steroid dienone is 1. The van der Waals surface area contributed by atoms with Crippen LogP contribution in [0.15, 0.2) is 59.1 Å². The average molecular weight is 440 g/mol. The van der Waals surface area contributed by atoms with Crippen LogP contribution in [0.5, 0.6) is 11.5 Å². The Labute approximate surface area is 187 Å². The molecule has 8 nitrogen and oxygen atoms in total. The number of carbonyl (C=O) groups is 1. The monoisotopic (exact) mass is 439 g/mol. The molecule has 1 aliphatic heterocycles. The summed E-state index contributed by atoms with van der Waals surface area (Å²) >= 11 is 0. The first-order valence-corrected chi connectivity index (χ1v) is 10.5. The summed E-state index contributed by atoms with van der Waals surface area (Å²) < 4.78 is 11.0. The van der Waals surface area contributed by atoms with Crippen molar-refractivity contribution in [3.05, 3.63) is 75.5 Å². The van der Waals surface area contributed by atoms with Crippen molar-refractivity contribution in [1.29, 1.82) is 0 Å². The van der Waals surface area contributed by atoms with Gasteiger partial charge in [-0.05, 0) is 53.8 Å². The van der Waals surface area contributed by atoms with Gasteiger partial charge in [0.15, 0.2) is 11.5 Å². The van der Waals surface area contributed by atoms with Crippen molar-refractivity contribution in [1.82, 2.24) is 10.2 Å². The molecular weight excluding hydrogens is 410 g/mol. The van der Waals surface area contributed by atoms with Gasteiger partial charge in [-0.3, -0.25) is 9.69 Å². The highest BCUT2D eigenvalue weighted by Crippen LogP contribution is 2.40. The summed E-state index contributed by atoms with van der Waals surface area (Å²) in [5.41, 5.74) is 3.10. The molecule has 0 aromatic heterocycles.